The highest BCUT2D eigenvalue weighted by Crippen LogP contribution is 2.47. The predicted molar refractivity (Wildman–Crippen MR) is 240 cm³/mol. The Balaban J connectivity index is 0.856. The van der Waals surface area contributed by atoms with E-state index in [9.17, 15) is 4.79 Å². The van der Waals surface area contributed by atoms with Gasteiger partial charge in [-0.3, -0.25) is 0 Å². The molecule has 0 amide bonds. The number of rotatable bonds is 27. The molecule has 1 aliphatic heterocycles. The van der Waals surface area contributed by atoms with E-state index in [1.807, 2.05) is 91.0 Å². The molecule has 8 nitrogen and oxygen atoms in total. The lowest BCUT2D eigenvalue weighted by Gasteiger charge is -2.40. The number of hydrogen-bond acceptors (Lipinski definition) is 8. The molecule has 0 N–H and O–H groups in total. The molecule has 0 spiro atoms. The van der Waals surface area contributed by atoms with Crippen molar-refractivity contribution < 1.29 is 38.3 Å². The van der Waals surface area contributed by atoms with Gasteiger partial charge in [-0.15, -0.1) is 0 Å². The van der Waals surface area contributed by atoms with Crippen LogP contribution in [0.1, 0.15) is 120 Å². The molecule has 0 saturated carbocycles. The summed E-state index contributed by atoms with van der Waals surface area (Å²) in [5.41, 5.74) is 6.73. The molecular weight excluding hydrogens is 753 g/mol. The molecule has 1 atom stereocenters. The number of carbonyl (C=O) groups excluding carboxylic acids is 1. The van der Waals surface area contributed by atoms with E-state index in [-0.39, 0.29) is 11.3 Å². The van der Waals surface area contributed by atoms with Crippen molar-refractivity contribution in [3.63, 3.8) is 0 Å². The summed E-state index contributed by atoms with van der Waals surface area (Å²) in [4.78, 5) is 23.9. The van der Waals surface area contributed by atoms with E-state index in [0.717, 1.165) is 116 Å². The van der Waals surface area contributed by atoms with Gasteiger partial charge in [0.1, 0.15) is 23.9 Å². The normalized spacial score (nSPS) is 15.2. The molecule has 4 aromatic carbocycles. The molecule has 0 bridgehead atoms. The second-order valence-corrected chi connectivity index (χ2v) is 16.2. The summed E-state index contributed by atoms with van der Waals surface area (Å²) in [5.74, 6) is 2.54. The molecule has 0 aromatic heterocycles. The Morgan fingerprint density at radius 3 is 1.82 bits per heavy atom. The molecule has 1 aliphatic carbocycles. The highest BCUT2D eigenvalue weighted by Gasteiger charge is 2.36. The van der Waals surface area contributed by atoms with Crippen LogP contribution >= 0.6 is 0 Å². The maximum atomic E-state index is 12.7. The van der Waals surface area contributed by atoms with Gasteiger partial charge in [0.2, 0.25) is 0 Å². The van der Waals surface area contributed by atoms with E-state index in [1.165, 1.54) is 38.2 Å². The van der Waals surface area contributed by atoms with Gasteiger partial charge >= 0.3 is 5.97 Å². The molecule has 2 aliphatic rings. The molecule has 1 unspecified atom stereocenters. The van der Waals surface area contributed by atoms with Gasteiger partial charge in [-0.1, -0.05) is 108 Å². The van der Waals surface area contributed by atoms with Crippen LogP contribution in [0.15, 0.2) is 97.1 Å². The standard InChI is InChI=1S/C52H64O8/c1-4-6-7-8-9-13-32-56-44-24-19-42(20-25-44)21-30-51(53)59-45-26-28-47-48-29-27-46(36-50(48)40(3)49(47)35-45)60-58-34-15-16-41-17-22-43(23-18-41)57-33-14-11-10-12-31-54-37-52(5-2)38-55-39-52/h15-30,35-36,40H,4-14,31-34,37-39H2,1-3H3/b16-15-,30-21+. The van der Waals surface area contributed by atoms with Gasteiger partial charge in [0.25, 0.3) is 0 Å². The van der Waals surface area contributed by atoms with E-state index in [0.29, 0.717) is 24.7 Å². The van der Waals surface area contributed by atoms with E-state index in [4.69, 9.17) is 33.5 Å². The third kappa shape index (κ3) is 13.6. The van der Waals surface area contributed by atoms with Crippen molar-refractivity contribution in [2.45, 2.75) is 97.3 Å². The van der Waals surface area contributed by atoms with Gasteiger partial charge in [-0.05, 0) is 120 Å². The van der Waals surface area contributed by atoms with Crippen molar-refractivity contribution >= 4 is 18.1 Å². The summed E-state index contributed by atoms with van der Waals surface area (Å²) >= 11 is 0. The summed E-state index contributed by atoms with van der Waals surface area (Å²) in [7, 11) is 0. The van der Waals surface area contributed by atoms with Crippen molar-refractivity contribution in [3.05, 3.63) is 119 Å². The van der Waals surface area contributed by atoms with Gasteiger partial charge in [-0.25, -0.2) is 4.79 Å². The molecule has 1 fully saturated rings. The number of carbonyl (C=O) groups is 1. The first-order valence-electron chi connectivity index (χ1n) is 22.2. The van der Waals surface area contributed by atoms with Crippen LogP contribution in [0, 0.1) is 5.41 Å². The van der Waals surface area contributed by atoms with Gasteiger partial charge in [0, 0.05) is 24.0 Å². The fourth-order valence-corrected chi connectivity index (χ4v) is 7.55. The van der Waals surface area contributed by atoms with E-state index >= 15 is 0 Å². The first-order valence-corrected chi connectivity index (χ1v) is 22.2. The lowest BCUT2D eigenvalue weighted by molar-refractivity contribution is -0.195. The molecule has 4 aromatic rings. The summed E-state index contributed by atoms with van der Waals surface area (Å²) in [6.45, 7) is 11.7. The number of esters is 1. The fourth-order valence-electron chi connectivity index (χ4n) is 7.55. The average molecular weight is 817 g/mol. The Morgan fingerprint density at radius 1 is 0.667 bits per heavy atom. The third-order valence-electron chi connectivity index (χ3n) is 11.5. The average Bonchev–Trinajstić information content (AvgIpc) is 3.53. The maximum Gasteiger partial charge on any atom is 0.336 e. The Labute approximate surface area is 357 Å². The Hall–Kier alpha value is -4.89. The zero-order valence-electron chi connectivity index (χ0n) is 36.0. The van der Waals surface area contributed by atoms with Crippen LogP contribution < -0.4 is 19.1 Å². The van der Waals surface area contributed by atoms with Gasteiger partial charge in [0.15, 0.2) is 5.75 Å². The Bertz CT molecular complexity index is 1960. The van der Waals surface area contributed by atoms with E-state index in [2.05, 4.69) is 26.8 Å². The van der Waals surface area contributed by atoms with Crippen LogP contribution in [0.25, 0.3) is 23.3 Å². The zero-order chi connectivity index (χ0) is 41.8. The first kappa shape index (κ1) is 44.7. The number of fused-ring (bicyclic) bond motifs is 3. The molecule has 60 heavy (non-hydrogen) atoms. The maximum absolute atomic E-state index is 12.7. The van der Waals surface area contributed by atoms with Crippen LogP contribution in [-0.2, 0) is 19.2 Å². The minimum Gasteiger partial charge on any atom is -0.494 e. The van der Waals surface area contributed by atoms with Crippen molar-refractivity contribution in [2.24, 2.45) is 5.41 Å². The SMILES string of the molecule is CCCCCCCCOc1ccc(/C=C/C(=O)Oc2ccc3c(c2)C(C)c2cc(OOC/C=C\c4ccc(OCCCCCCOCC5(CC)COC5)cc4)ccc2-3)cc1. The summed E-state index contributed by atoms with van der Waals surface area (Å²) < 4.78 is 28.8. The van der Waals surface area contributed by atoms with Gasteiger partial charge in [0.05, 0.1) is 33.0 Å². The van der Waals surface area contributed by atoms with Crippen molar-refractivity contribution in [1.29, 1.82) is 0 Å². The molecule has 6 rings (SSSR count). The largest absolute Gasteiger partial charge is 0.494 e. The molecule has 1 heterocycles. The predicted octanol–water partition coefficient (Wildman–Crippen LogP) is 12.6. The Morgan fingerprint density at radius 2 is 1.22 bits per heavy atom. The molecule has 8 heteroatoms. The number of hydrogen-bond donors (Lipinski definition) is 0. The second kappa shape index (κ2) is 23.8. The van der Waals surface area contributed by atoms with Crippen LogP contribution in [0.2, 0.25) is 0 Å². The van der Waals surface area contributed by atoms with Crippen molar-refractivity contribution in [3.8, 4) is 34.1 Å². The first-order chi connectivity index (χ1) is 29.4. The topological polar surface area (TPSA) is 81.7 Å². The highest BCUT2D eigenvalue weighted by atomic mass is 17.2. The van der Waals surface area contributed by atoms with Gasteiger partial charge in [-0.2, -0.15) is 4.89 Å². The molecule has 0 radical (unpaired) electrons. The Kier molecular flexibility index (Phi) is 17.7. The summed E-state index contributed by atoms with van der Waals surface area (Å²) in [5, 5.41) is 0. The monoisotopic (exact) mass is 816 g/mol. The smallest absolute Gasteiger partial charge is 0.336 e. The van der Waals surface area contributed by atoms with Crippen LogP contribution in [0.5, 0.6) is 23.0 Å². The van der Waals surface area contributed by atoms with Crippen LogP contribution in [-0.4, -0.2) is 52.2 Å². The van der Waals surface area contributed by atoms with E-state index < -0.39 is 5.97 Å². The molecular formula is C52H64O8. The van der Waals surface area contributed by atoms with E-state index in [1.54, 1.807) is 6.08 Å². The molecule has 1 saturated heterocycles. The number of benzene rings is 4. The highest BCUT2D eigenvalue weighted by molar-refractivity contribution is 5.89. The molecule has 320 valence electrons. The number of ether oxygens (including phenoxy) is 5. The third-order valence-corrected chi connectivity index (χ3v) is 11.5. The van der Waals surface area contributed by atoms with Crippen LogP contribution in [0.4, 0.5) is 0 Å². The lowest BCUT2D eigenvalue weighted by atomic mass is 9.84. The second-order valence-electron chi connectivity index (χ2n) is 16.2. The fraction of sp³-hybridized carbons (Fsp3) is 0.442. The quantitative estimate of drug-likeness (QED) is 0.0147. The van der Waals surface area contributed by atoms with Gasteiger partial charge < -0.3 is 28.6 Å². The van der Waals surface area contributed by atoms with Crippen molar-refractivity contribution in [2.75, 3.05) is 46.2 Å². The lowest BCUT2D eigenvalue weighted by Crippen LogP contribution is -2.45. The van der Waals surface area contributed by atoms with Crippen LogP contribution in [0.3, 0.4) is 0 Å². The summed E-state index contributed by atoms with van der Waals surface area (Å²) in [6, 6.07) is 27.7. The number of unbranched alkanes of at least 4 members (excludes halogenated alkanes) is 8. The minimum absolute atomic E-state index is 0.0951. The zero-order valence-corrected chi connectivity index (χ0v) is 36.0. The summed E-state index contributed by atoms with van der Waals surface area (Å²) in [6.07, 6.45) is 20.1. The minimum atomic E-state index is -0.426. The van der Waals surface area contributed by atoms with Crippen molar-refractivity contribution in [1.82, 2.24) is 0 Å².